The zero-order valence-electron chi connectivity index (χ0n) is 12.4. The summed E-state index contributed by atoms with van der Waals surface area (Å²) in [5.74, 6) is 0.805. The Morgan fingerprint density at radius 2 is 2.33 bits per heavy atom. The van der Waals surface area contributed by atoms with Gasteiger partial charge in [0.05, 0.1) is 7.11 Å². The quantitative estimate of drug-likeness (QED) is 0.810. The highest BCUT2D eigenvalue weighted by atomic mass is 32.2. The Balaban J connectivity index is 1.65. The lowest BCUT2D eigenvalue weighted by molar-refractivity contribution is -0.148. The molecule has 2 atom stereocenters. The van der Waals surface area contributed by atoms with Crippen molar-refractivity contribution in [2.45, 2.75) is 66.6 Å². The molecule has 2 aliphatic rings. The molecule has 116 valence electrons. The van der Waals surface area contributed by atoms with Crippen LogP contribution in [0.1, 0.15) is 44.9 Å². The molecule has 7 heteroatoms. The molecule has 0 spiro atoms. The molecule has 2 aliphatic carbocycles. The minimum atomic E-state index is -0.480. The zero-order chi connectivity index (χ0) is 14.9. The second-order valence-corrected chi connectivity index (χ2v) is 8.10. The number of rotatable bonds is 6. The first-order chi connectivity index (χ1) is 10.1. The van der Waals surface area contributed by atoms with Gasteiger partial charge in [0.1, 0.15) is 11.4 Å². The third-order valence-electron chi connectivity index (χ3n) is 4.14. The second kappa shape index (κ2) is 6.22. The van der Waals surface area contributed by atoms with E-state index in [0.29, 0.717) is 11.3 Å². The number of nitrogens with one attached hydrogen (secondary N) is 1. The zero-order valence-corrected chi connectivity index (χ0v) is 14.1. The van der Waals surface area contributed by atoms with Gasteiger partial charge in [0.25, 0.3) is 0 Å². The Morgan fingerprint density at radius 3 is 2.95 bits per heavy atom. The first-order valence-corrected chi connectivity index (χ1v) is 9.16. The van der Waals surface area contributed by atoms with Gasteiger partial charge in [-0.25, -0.2) is 4.98 Å². The maximum Gasteiger partial charge on any atom is 0.326 e. The van der Waals surface area contributed by atoms with E-state index in [1.807, 2.05) is 0 Å². The van der Waals surface area contributed by atoms with Crippen molar-refractivity contribution in [2.75, 3.05) is 7.11 Å². The monoisotopic (exact) mass is 327 g/mol. The van der Waals surface area contributed by atoms with E-state index in [1.165, 1.54) is 31.5 Å². The molecular formula is C14H21N3O2S2. The molecule has 0 amide bonds. The number of thioether (sulfide) groups is 1. The van der Waals surface area contributed by atoms with Crippen molar-refractivity contribution in [3.63, 3.8) is 0 Å². The largest absolute Gasteiger partial charge is 0.468 e. The Hall–Kier alpha value is -0.660. The molecule has 5 nitrogen and oxygen atoms in total. The summed E-state index contributed by atoms with van der Waals surface area (Å²) < 4.78 is 10.4. The van der Waals surface area contributed by atoms with Gasteiger partial charge in [0.2, 0.25) is 0 Å². The van der Waals surface area contributed by atoms with Crippen molar-refractivity contribution >= 4 is 29.3 Å². The van der Waals surface area contributed by atoms with Crippen LogP contribution in [0.25, 0.3) is 0 Å². The van der Waals surface area contributed by atoms with Gasteiger partial charge in [-0.05, 0) is 43.6 Å². The fraction of sp³-hybridized carbons (Fsp3) is 0.786. The predicted molar refractivity (Wildman–Crippen MR) is 83.7 cm³/mol. The third kappa shape index (κ3) is 3.40. The average Bonchev–Trinajstić information content (AvgIpc) is 3.02. The number of ether oxygens (including phenoxy) is 1. The normalized spacial score (nSPS) is 28.8. The molecule has 1 aromatic heterocycles. The summed E-state index contributed by atoms with van der Waals surface area (Å²) in [6.07, 6.45) is 5.91. The van der Waals surface area contributed by atoms with Crippen molar-refractivity contribution in [3.8, 4) is 0 Å². The number of hydrogen-bond acceptors (Lipinski definition) is 7. The van der Waals surface area contributed by atoms with Gasteiger partial charge in [0.15, 0.2) is 4.34 Å². The van der Waals surface area contributed by atoms with Gasteiger partial charge in [-0.2, -0.15) is 4.37 Å². The number of aromatic nitrogens is 2. The molecule has 2 fully saturated rings. The van der Waals surface area contributed by atoms with Crippen molar-refractivity contribution < 1.29 is 9.53 Å². The Labute approximate surface area is 133 Å². The molecular weight excluding hydrogens is 306 g/mol. The van der Waals surface area contributed by atoms with Crippen LogP contribution in [0.3, 0.4) is 0 Å². The molecule has 0 aromatic carbocycles. The Kier molecular flexibility index (Phi) is 4.51. The number of carbonyl (C=O) groups excluding carboxylic acids is 1. The van der Waals surface area contributed by atoms with E-state index < -0.39 is 5.54 Å². The van der Waals surface area contributed by atoms with Crippen molar-refractivity contribution in [3.05, 3.63) is 5.82 Å². The molecule has 21 heavy (non-hydrogen) atoms. The standard InChI is InChI=1S/C14H21N3O2S2/c1-3-11-15-13(21-17-11)20-10-6-7-14(8-10,12(18)19-2)16-9-4-5-9/h9-10,16H,3-8H2,1-2H3. The number of carbonyl (C=O) groups is 1. The van der Waals surface area contributed by atoms with Crippen molar-refractivity contribution in [2.24, 2.45) is 0 Å². The molecule has 1 aromatic rings. The van der Waals surface area contributed by atoms with Crippen LogP contribution in [0.2, 0.25) is 0 Å². The van der Waals surface area contributed by atoms with Gasteiger partial charge in [-0.15, -0.1) is 0 Å². The maximum atomic E-state index is 12.2. The van der Waals surface area contributed by atoms with Crippen molar-refractivity contribution in [1.82, 2.24) is 14.7 Å². The number of methoxy groups -OCH3 is 1. The van der Waals surface area contributed by atoms with E-state index in [9.17, 15) is 4.79 Å². The van der Waals surface area contributed by atoms with Crippen molar-refractivity contribution in [1.29, 1.82) is 0 Å². The lowest BCUT2D eigenvalue weighted by atomic mass is 9.97. The molecule has 1 heterocycles. The highest BCUT2D eigenvalue weighted by molar-refractivity contribution is 8.01. The molecule has 1 N–H and O–H groups in total. The van der Waals surface area contributed by atoms with Gasteiger partial charge < -0.3 is 4.74 Å². The van der Waals surface area contributed by atoms with Gasteiger partial charge in [-0.1, -0.05) is 18.7 Å². The summed E-state index contributed by atoms with van der Waals surface area (Å²) in [4.78, 5) is 16.7. The second-order valence-electron chi connectivity index (χ2n) is 5.81. The van der Waals surface area contributed by atoms with Gasteiger partial charge in [-0.3, -0.25) is 10.1 Å². The first-order valence-electron chi connectivity index (χ1n) is 7.50. The number of esters is 1. The lowest BCUT2D eigenvalue weighted by Gasteiger charge is -2.27. The molecule has 0 radical (unpaired) electrons. The molecule has 0 bridgehead atoms. The van der Waals surface area contributed by atoms with E-state index in [4.69, 9.17) is 4.74 Å². The molecule has 3 rings (SSSR count). The molecule has 0 saturated heterocycles. The number of aryl methyl sites for hydroxylation is 1. The smallest absolute Gasteiger partial charge is 0.326 e. The lowest BCUT2D eigenvalue weighted by Crippen LogP contribution is -2.52. The summed E-state index contributed by atoms with van der Waals surface area (Å²) in [5, 5.41) is 3.94. The Morgan fingerprint density at radius 1 is 1.52 bits per heavy atom. The van der Waals surface area contributed by atoms with E-state index >= 15 is 0 Å². The van der Waals surface area contributed by atoms with Gasteiger partial charge >= 0.3 is 5.97 Å². The van der Waals surface area contributed by atoms with E-state index in [2.05, 4.69) is 21.6 Å². The summed E-state index contributed by atoms with van der Waals surface area (Å²) >= 11 is 3.23. The van der Waals surface area contributed by atoms with E-state index in [0.717, 1.165) is 35.8 Å². The average molecular weight is 327 g/mol. The van der Waals surface area contributed by atoms with Crippen LogP contribution in [-0.2, 0) is 16.0 Å². The fourth-order valence-electron chi connectivity index (χ4n) is 2.86. The molecule has 2 saturated carbocycles. The summed E-state index contributed by atoms with van der Waals surface area (Å²) in [6, 6.07) is 0.501. The number of hydrogen-bond donors (Lipinski definition) is 1. The van der Waals surface area contributed by atoms with Crippen LogP contribution in [0.15, 0.2) is 4.34 Å². The van der Waals surface area contributed by atoms with Crippen LogP contribution >= 0.6 is 23.3 Å². The predicted octanol–water partition coefficient (Wildman–Crippen LogP) is 2.41. The van der Waals surface area contributed by atoms with Crippen LogP contribution < -0.4 is 5.32 Å². The maximum absolute atomic E-state index is 12.2. The van der Waals surface area contributed by atoms with Crippen LogP contribution in [-0.4, -0.2) is 39.3 Å². The van der Waals surface area contributed by atoms with Crippen LogP contribution in [0.5, 0.6) is 0 Å². The topological polar surface area (TPSA) is 64.1 Å². The van der Waals surface area contributed by atoms with Crippen LogP contribution in [0, 0.1) is 0 Å². The molecule has 2 unspecified atom stereocenters. The highest BCUT2D eigenvalue weighted by Crippen LogP contribution is 2.42. The van der Waals surface area contributed by atoms with Crippen LogP contribution in [0.4, 0.5) is 0 Å². The third-order valence-corrected chi connectivity index (χ3v) is 6.23. The minimum Gasteiger partial charge on any atom is -0.468 e. The number of nitrogens with zero attached hydrogens (tertiary/aromatic N) is 2. The minimum absolute atomic E-state index is 0.107. The molecule has 0 aliphatic heterocycles. The highest BCUT2D eigenvalue weighted by Gasteiger charge is 2.49. The summed E-state index contributed by atoms with van der Waals surface area (Å²) in [5.41, 5.74) is -0.480. The Bertz CT molecular complexity index is 518. The van der Waals surface area contributed by atoms with Gasteiger partial charge in [0, 0.05) is 17.7 Å². The SMILES string of the molecule is CCc1nsc(SC2CCC(NC3CC3)(C(=O)OC)C2)n1. The summed E-state index contributed by atoms with van der Waals surface area (Å²) in [6.45, 7) is 2.06. The summed E-state index contributed by atoms with van der Waals surface area (Å²) in [7, 11) is 1.48. The van der Waals surface area contributed by atoms with E-state index in [-0.39, 0.29) is 5.97 Å². The first kappa shape index (κ1) is 15.2. The van der Waals surface area contributed by atoms with E-state index in [1.54, 1.807) is 11.8 Å². The fourth-order valence-corrected chi connectivity index (χ4v) is 5.10.